The lowest BCUT2D eigenvalue weighted by molar-refractivity contribution is -0.143. The summed E-state index contributed by atoms with van der Waals surface area (Å²) in [5.41, 5.74) is -0.804. The van der Waals surface area contributed by atoms with E-state index in [0.29, 0.717) is 39.0 Å². The van der Waals surface area contributed by atoms with E-state index >= 15 is 0 Å². The van der Waals surface area contributed by atoms with E-state index < -0.39 is 17.6 Å². The largest absolute Gasteiger partial charge is 0.337 e. The van der Waals surface area contributed by atoms with Gasteiger partial charge in [0.05, 0.1) is 0 Å². The van der Waals surface area contributed by atoms with Gasteiger partial charge in [-0.2, -0.15) is 0 Å². The molecule has 2 saturated carbocycles. The molecule has 0 aromatic heterocycles. The normalized spacial score (nSPS) is 25.6. The summed E-state index contributed by atoms with van der Waals surface area (Å²) >= 11 is 0. The van der Waals surface area contributed by atoms with Crippen molar-refractivity contribution in [1.82, 2.24) is 25.3 Å². The lowest BCUT2D eigenvalue weighted by atomic mass is 9.96. The molecule has 0 aromatic rings. The molecule has 2 N–H and O–H groups in total. The number of hydrogen-bond acceptors (Lipinski definition) is 4. The van der Waals surface area contributed by atoms with Gasteiger partial charge in [-0.1, -0.05) is 32.1 Å². The van der Waals surface area contributed by atoms with Gasteiger partial charge in [0.25, 0.3) is 5.91 Å². The van der Waals surface area contributed by atoms with Gasteiger partial charge in [-0.05, 0) is 32.6 Å². The number of carbonyl (C=O) groups excluding carboxylic acids is 4. The first-order valence-corrected chi connectivity index (χ1v) is 11.4. The van der Waals surface area contributed by atoms with Crippen molar-refractivity contribution in [2.45, 2.75) is 82.3 Å². The molecule has 2 aliphatic carbocycles. The molecule has 166 valence electrons. The minimum absolute atomic E-state index is 0.0562. The average Bonchev–Trinajstić information content (AvgIpc) is 3.32. The molecule has 0 radical (unpaired) electrons. The Morgan fingerprint density at radius 2 is 1.57 bits per heavy atom. The zero-order chi connectivity index (χ0) is 21.3. The number of nitrogens with zero attached hydrogens (tertiary/aromatic N) is 3. The Balaban J connectivity index is 1.30. The zero-order valence-corrected chi connectivity index (χ0v) is 17.8. The number of piperazine rings is 1. The first kappa shape index (κ1) is 20.9. The van der Waals surface area contributed by atoms with Crippen molar-refractivity contribution in [1.29, 1.82) is 0 Å². The highest BCUT2D eigenvalue weighted by Crippen LogP contribution is 2.36. The number of imide groups is 1. The maximum Gasteiger partial charge on any atom is 0.325 e. The second-order valence-electron chi connectivity index (χ2n) is 9.17. The van der Waals surface area contributed by atoms with E-state index in [1.807, 2.05) is 0 Å². The van der Waals surface area contributed by atoms with Gasteiger partial charge in [0.15, 0.2) is 0 Å². The molecule has 2 saturated heterocycles. The van der Waals surface area contributed by atoms with E-state index in [2.05, 4.69) is 10.6 Å². The molecule has 1 atom stereocenters. The van der Waals surface area contributed by atoms with Crippen molar-refractivity contribution in [3.63, 3.8) is 0 Å². The number of carbonyl (C=O) groups is 4. The number of nitrogens with one attached hydrogen (secondary N) is 2. The fourth-order valence-electron chi connectivity index (χ4n) is 5.33. The Morgan fingerprint density at radius 1 is 0.967 bits per heavy atom. The lowest BCUT2D eigenvalue weighted by Crippen LogP contribution is -2.58. The van der Waals surface area contributed by atoms with E-state index in [1.54, 1.807) is 16.7 Å². The minimum atomic E-state index is -0.833. The van der Waals surface area contributed by atoms with E-state index in [1.165, 1.54) is 6.42 Å². The molecule has 1 spiro atoms. The van der Waals surface area contributed by atoms with Gasteiger partial charge in [0, 0.05) is 32.2 Å². The summed E-state index contributed by atoms with van der Waals surface area (Å²) in [6, 6.07) is -1.10. The molecular weight excluding hydrogens is 386 g/mol. The third-order valence-electron chi connectivity index (χ3n) is 7.21. The van der Waals surface area contributed by atoms with E-state index in [4.69, 9.17) is 0 Å². The van der Waals surface area contributed by atoms with Crippen LogP contribution in [0.4, 0.5) is 9.59 Å². The molecule has 4 rings (SSSR count). The topological polar surface area (TPSA) is 102 Å². The quantitative estimate of drug-likeness (QED) is 0.676. The predicted octanol–water partition coefficient (Wildman–Crippen LogP) is 1.43. The van der Waals surface area contributed by atoms with Crippen LogP contribution in [0.25, 0.3) is 0 Å². The average molecular weight is 420 g/mol. The van der Waals surface area contributed by atoms with Gasteiger partial charge in [-0.25, -0.2) is 14.5 Å². The molecule has 4 fully saturated rings. The smallest absolute Gasteiger partial charge is 0.325 e. The van der Waals surface area contributed by atoms with Gasteiger partial charge < -0.3 is 20.4 Å². The van der Waals surface area contributed by atoms with Crippen LogP contribution >= 0.6 is 0 Å². The summed E-state index contributed by atoms with van der Waals surface area (Å²) in [5, 5.41) is 5.95. The monoisotopic (exact) mass is 419 g/mol. The Labute approximate surface area is 177 Å². The third-order valence-corrected chi connectivity index (χ3v) is 7.21. The van der Waals surface area contributed by atoms with Crippen LogP contribution in [0.3, 0.4) is 0 Å². The van der Waals surface area contributed by atoms with E-state index in [9.17, 15) is 19.2 Å². The van der Waals surface area contributed by atoms with E-state index in [0.717, 1.165) is 43.4 Å². The predicted molar refractivity (Wildman–Crippen MR) is 110 cm³/mol. The van der Waals surface area contributed by atoms with Crippen LogP contribution in [0.15, 0.2) is 0 Å². The summed E-state index contributed by atoms with van der Waals surface area (Å²) in [6.45, 7) is 3.37. The zero-order valence-electron chi connectivity index (χ0n) is 17.8. The first-order valence-electron chi connectivity index (χ1n) is 11.4. The molecule has 1 unspecified atom stereocenters. The molecule has 9 nitrogen and oxygen atoms in total. The summed E-state index contributed by atoms with van der Waals surface area (Å²) in [7, 11) is 0. The van der Waals surface area contributed by atoms with Crippen molar-refractivity contribution in [2.75, 3.05) is 26.2 Å². The second-order valence-corrected chi connectivity index (χ2v) is 9.17. The van der Waals surface area contributed by atoms with E-state index in [-0.39, 0.29) is 23.9 Å². The van der Waals surface area contributed by atoms with Crippen LogP contribution in [-0.4, -0.2) is 82.4 Å². The van der Waals surface area contributed by atoms with Crippen LogP contribution < -0.4 is 10.6 Å². The Kier molecular flexibility index (Phi) is 5.88. The second kappa shape index (κ2) is 8.43. The van der Waals surface area contributed by atoms with Crippen LogP contribution in [0.2, 0.25) is 0 Å². The molecule has 0 bridgehead atoms. The summed E-state index contributed by atoms with van der Waals surface area (Å²) in [5.74, 6) is -0.503. The molecule has 2 heterocycles. The van der Waals surface area contributed by atoms with Gasteiger partial charge >= 0.3 is 12.1 Å². The highest BCUT2D eigenvalue weighted by Gasteiger charge is 2.54. The summed E-state index contributed by atoms with van der Waals surface area (Å²) in [4.78, 5) is 55.4. The molecular formula is C21H33N5O4. The molecule has 4 aliphatic rings. The van der Waals surface area contributed by atoms with Crippen molar-refractivity contribution in [2.24, 2.45) is 0 Å². The van der Waals surface area contributed by atoms with Crippen molar-refractivity contribution in [3.05, 3.63) is 0 Å². The Hall–Kier alpha value is -2.32. The highest BCUT2D eigenvalue weighted by atomic mass is 16.2. The number of urea groups is 2. The SMILES string of the molecule is CC(C(=O)N1CCN(C(=O)NC2CCCCC2)CC1)N1C(=O)NC2(CCCC2)C1=O. The number of amides is 6. The van der Waals surface area contributed by atoms with Crippen molar-refractivity contribution in [3.8, 4) is 0 Å². The molecule has 9 heteroatoms. The summed E-state index contributed by atoms with van der Waals surface area (Å²) < 4.78 is 0. The number of hydrogen-bond donors (Lipinski definition) is 2. The van der Waals surface area contributed by atoms with Crippen LogP contribution in [0.1, 0.15) is 64.7 Å². The first-order chi connectivity index (χ1) is 14.4. The molecule has 30 heavy (non-hydrogen) atoms. The molecule has 6 amide bonds. The molecule has 0 aromatic carbocycles. The Bertz CT molecular complexity index is 706. The van der Waals surface area contributed by atoms with Gasteiger partial charge in [0.2, 0.25) is 5.91 Å². The standard InChI is InChI=1S/C21H33N5O4/c1-15(26-18(28)21(23-20(26)30)9-5-6-10-21)17(27)24-11-13-25(14-12-24)19(29)22-16-7-3-2-4-8-16/h15-16H,2-14H2,1H3,(H,22,29)(H,23,30). The van der Waals surface area contributed by atoms with Crippen LogP contribution in [0, 0.1) is 0 Å². The van der Waals surface area contributed by atoms with Gasteiger partial charge in [-0.3, -0.25) is 9.59 Å². The highest BCUT2D eigenvalue weighted by molar-refractivity contribution is 6.10. The van der Waals surface area contributed by atoms with Crippen LogP contribution in [0.5, 0.6) is 0 Å². The fraction of sp³-hybridized carbons (Fsp3) is 0.810. The Morgan fingerprint density at radius 3 is 2.20 bits per heavy atom. The van der Waals surface area contributed by atoms with Crippen molar-refractivity contribution < 1.29 is 19.2 Å². The van der Waals surface area contributed by atoms with Crippen LogP contribution in [-0.2, 0) is 9.59 Å². The maximum absolute atomic E-state index is 13.0. The maximum atomic E-state index is 13.0. The number of rotatable bonds is 3. The third kappa shape index (κ3) is 3.86. The fourth-order valence-corrected chi connectivity index (χ4v) is 5.33. The van der Waals surface area contributed by atoms with Gasteiger partial charge in [0.1, 0.15) is 11.6 Å². The van der Waals surface area contributed by atoms with Crippen molar-refractivity contribution >= 4 is 23.9 Å². The summed E-state index contributed by atoms with van der Waals surface area (Å²) in [6.07, 6.45) is 8.74. The minimum Gasteiger partial charge on any atom is -0.337 e. The van der Waals surface area contributed by atoms with Gasteiger partial charge in [-0.15, -0.1) is 0 Å². The lowest BCUT2D eigenvalue weighted by Gasteiger charge is -2.37. The molecule has 2 aliphatic heterocycles.